The van der Waals surface area contributed by atoms with Crippen molar-refractivity contribution < 1.29 is 4.74 Å². The molecule has 0 unspecified atom stereocenters. The smallest absolute Gasteiger partial charge is 0.203 e. The van der Waals surface area contributed by atoms with Crippen LogP contribution in [0.5, 0.6) is 0 Å². The summed E-state index contributed by atoms with van der Waals surface area (Å²) < 4.78 is 10.9. The van der Waals surface area contributed by atoms with Gasteiger partial charge in [0.05, 0.1) is 23.2 Å². The molecule has 130 valence electrons. The molecule has 3 heterocycles. The van der Waals surface area contributed by atoms with E-state index in [2.05, 4.69) is 62.6 Å². The number of benzene rings is 1. The zero-order valence-electron chi connectivity index (χ0n) is 13.2. The molecule has 8 heteroatoms. The van der Waals surface area contributed by atoms with Gasteiger partial charge in [-0.2, -0.15) is 0 Å². The summed E-state index contributed by atoms with van der Waals surface area (Å²) in [6.45, 7) is 6.67. The highest BCUT2D eigenvalue weighted by atomic mass is 79.9. The number of anilines is 1. The van der Waals surface area contributed by atoms with Gasteiger partial charge in [-0.25, -0.2) is 4.98 Å². The quantitative estimate of drug-likeness (QED) is 0.616. The Kier molecular flexibility index (Phi) is 5.20. The fourth-order valence-electron chi connectivity index (χ4n) is 3.49. The second-order valence-electron chi connectivity index (χ2n) is 6.19. The van der Waals surface area contributed by atoms with Crippen molar-refractivity contribution in [2.45, 2.75) is 19.4 Å². The van der Waals surface area contributed by atoms with Crippen LogP contribution in [0.25, 0.3) is 11.0 Å². The number of ether oxygens (including phenoxy) is 1. The van der Waals surface area contributed by atoms with Crippen molar-refractivity contribution in [3.63, 3.8) is 0 Å². The number of hydrogen-bond donors (Lipinski definition) is 1. The molecule has 0 atom stereocenters. The van der Waals surface area contributed by atoms with E-state index in [0.717, 1.165) is 83.7 Å². The fourth-order valence-corrected chi connectivity index (χ4v) is 5.25. The van der Waals surface area contributed by atoms with Crippen LogP contribution in [0.3, 0.4) is 0 Å². The van der Waals surface area contributed by atoms with Gasteiger partial charge in [0.15, 0.2) is 0 Å². The van der Waals surface area contributed by atoms with Crippen molar-refractivity contribution in [2.24, 2.45) is 0 Å². The molecule has 1 saturated heterocycles. The third-order valence-corrected chi connectivity index (χ3v) is 8.24. The Bertz CT molecular complexity index is 771. The second kappa shape index (κ2) is 7.23. The number of imidazole rings is 1. The largest absolute Gasteiger partial charge is 0.379 e. The van der Waals surface area contributed by atoms with Crippen LogP contribution in [0.2, 0.25) is 0 Å². The number of rotatable bonds is 4. The van der Waals surface area contributed by atoms with E-state index in [1.807, 2.05) is 0 Å². The van der Waals surface area contributed by atoms with Gasteiger partial charge >= 0.3 is 0 Å². The van der Waals surface area contributed by atoms with E-state index < -0.39 is 0 Å². The Morgan fingerprint density at radius 2 is 1.83 bits per heavy atom. The maximum absolute atomic E-state index is 5.40. The lowest BCUT2D eigenvalue weighted by molar-refractivity contribution is 0.0398. The first kappa shape index (κ1) is 17.3. The zero-order valence-corrected chi connectivity index (χ0v) is 18.0. The number of nitrogens with zero attached hydrogens (tertiary/aromatic N) is 3. The van der Waals surface area contributed by atoms with E-state index >= 15 is 0 Å². The summed E-state index contributed by atoms with van der Waals surface area (Å²) in [5.41, 5.74) is 3.63. The lowest BCUT2D eigenvalue weighted by atomic mass is 10.0. The molecule has 5 nitrogen and oxygen atoms in total. The van der Waals surface area contributed by atoms with Crippen molar-refractivity contribution in [1.82, 2.24) is 14.5 Å². The standard InChI is InChI=1S/C16H19Br3N4O/c17-11-10-2-1-4-23-15(10)14(13(19)12(11)18)21-16(23)20-3-5-22-6-8-24-9-7-22/h1-9H2,(H,20,21). The molecule has 0 saturated carbocycles. The summed E-state index contributed by atoms with van der Waals surface area (Å²) in [4.78, 5) is 7.31. The lowest BCUT2D eigenvalue weighted by Crippen LogP contribution is -2.39. The van der Waals surface area contributed by atoms with E-state index in [1.165, 1.54) is 11.1 Å². The van der Waals surface area contributed by atoms with Crippen LogP contribution in [0.4, 0.5) is 5.95 Å². The van der Waals surface area contributed by atoms with Crippen molar-refractivity contribution in [3.05, 3.63) is 19.0 Å². The first-order valence-electron chi connectivity index (χ1n) is 8.26. The first-order valence-corrected chi connectivity index (χ1v) is 10.6. The summed E-state index contributed by atoms with van der Waals surface area (Å²) >= 11 is 11.1. The minimum atomic E-state index is 0.844. The van der Waals surface area contributed by atoms with Gasteiger partial charge in [0.25, 0.3) is 0 Å². The van der Waals surface area contributed by atoms with Crippen molar-refractivity contribution >= 4 is 64.8 Å². The molecule has 1 N–H and O–H groups in total. The van der Waals surface area contributed by atoms with Gasteiger partial charge in [0.2, 0.25) is 5.95 Å². The summed E-state index contributed by atoms with van der Waals surface area (Å²) in [5, 5.41) is 3.55. The Hall–Kier alpha value is -0.150. The molecule has 0 radical (unpaired) electrons. The van der Waals surface area contributed by atoms with E-state index in [4.69, 9.17) is 9.72 Å². The minimum absolute atomic E-state index is 0.844. The van der Waals surface area contributed by atoms with E-state index in [1.54, 1.807) is 0 Å². The van der Waals surface area contributed by atoms with Crippen molar-refractivity contribution in [1.29, 1.82) is 0 Å². The molecule has 2 aliphatic rings. The van der Waals surface area contributed by atoms with Gasteiger partial charge in [0, 0.05) is 41.7 Å². The molecule has 0 spiro atoms. The maximum atomic E-state index is 5.40. The molecule has 2 aromatic rings. The molecular formula is C16H19Br3N4O. The molecule has 1 aromatic heterocycles. The number of morpholine rings is 1. The highest BCUT2D eigenvalue weighted by Gasteiger charge is 2.24. The van der Waals surface area contributed by atoms with Crippen LogP contribution in [0, 0.1) is 0 Å². The molecule has 0 aliphatic carbocycles. The maximum Gasteiger partial charge on any atom is 0.203 e. The van der Waals surface area contributed by atoms with Crippen LogP contribution in [0.1, 0.15) is 12.0 Å². The summed E-state index contributed by atoms with van der Waals surface area (Å²) in [6.07, 6.45) is 2.23. The molecular weight excluding hydrogens is 504 g/mol. The molecule has 1 aromatic carbocycles. The molecule has 1 fully saturated rings. The second-order valence-corrected chi connectivity index (χ2v) is 8.57. The van der Waals surface area contributed by atoms with Crippen molar-refractivity contribution in [3.8, 4) is 0 Å². The van der Waals surface area contributed by atoms with Gasteiger partial charge in [-0.1, -0.05) is 0 Å². The number of halogens is 3. The number of hydrogen-bond acceptors (Lipinski definition) is 4. The molecule has 2 aliphatic heterocycles. The normalized spacial score (nSPS) is 18.3. The van der Waals surface area contributed by atoms with Crippen LogP contribution in [-0.4, -0.2) is 53.8 Å². The number of nitrogens with one attached hydrogen (secondary N) is 1. The molecule has 0 amide bonds. The van der Waals surface area contributed by atoms with E-state index in [9.17, 15) is 0 Å². The molecule has 4 rings (SSSR count). The van der Waals surface area contributed by atoms with Crippen LogP contribution >= 0.6 is 47.8 Å². The number of aromatic nitrogens is 2. The summed E-state index contributed by atoms with van der Waals surface area (Å²) in [6, 6.07) is 0. The highest BCUT2D eigenvalue weighted by Crippen LogP contribution is 2.43. The lowest BCUT2D eigenvalue weighted by Gasteiger charge is -2.26. The summed E-state index contributed by atoms with van der Waals surface area (Å²) in [5.74, 6) is 0.977. The monoisotopic (exact) mass is 520 g/mol. The van der Waals surface area contributed by atoms with Gasteiger partial charge in [-0.05, 0) is 66.2 Å². The van der Waals surface area contributed by atoms with Crippen LogP contribution in [-0.2, 0) is 17.7 Å². The summed E-state index contributed by atoms with van der Waals surface area (Å²) in [7, 11) is 0. The third kappa shape index (κ3) is 3.05. The third-order valence-electron chi connectivity index (χ3n) is 4.74. The molecule has 24 heavy (non-hydrogen) atoms. The van der Waals surface area contributed by atoms with Crippen LogP contribution < -0.4 is 5.32 Å². The Morgan fingerprint density at radius 3 is 2.62 bits per heavy atom. The average molecular weight is 523 g/mol. The molecule has 0 bridgehead atoms. The van der Waals surface area contributed by atoms with Gasteiger partial charge < -0.3 is 14.6 Å². The Morgan fingerprint density at radius 1 is 1.04 bits per heavy atom. The topological polar surface area (TPSA) is 42.3 Å². The van der Waals surface area contributed by atoms with E-state index in [-0.39, 0.29) is 0 Å². The van der Waals surface area contributed by atoms with Gasteiger partial charge in [-0.3, -0.25) is 4.90 Å². The minimum Gasteiger partial charge on any atom is -0.379 e. The zero-order chi connectivity index (χ0) is 16.7. The van der Waals surface area contributed by atoms with Crippen LogP contribution in [0.15, 0.2) is 13.4 Å². The SMILES string of the molecule is Brc1c(Br)c2c3c(nc(NCCN4CCOCC4)n3CCC2)c1Br. The predicted molar refractivity (Wildman–Crippen MR) is 107 cm³/mol. The van der Waals surface area contributed by atoms with Crippen molar-refractivity contribution in [2.75, 3.05) is 44.7 Å². The Labute approximate surface area is 166 Å². The van der Waals surface area contributed by atoms with E-state index in [0.29, 0.717) is 0 Å². The fraction of sp³-hybridized carbons (Fsp3) is 0.562. The van der Waals surface area contributed by atoms with Gasteiger partial charge in [0.1, 0.15) is 5.52 Å². The van der Waals surface area contributed by atoms with Gasteiger partial charge in [-0.15, -0.1) is 0 Å². The predicted octanol–water partition coefficient (Wildman–Crippen LogP) is 4.01. The number of aryl methyl sites for hydroxylation is 2. The highest BCUT2D eigenvalue weighted by molar-refractivity contribution is 9.14. The first-order chi connectivity index (χ1) is 11.7. The average Bonchev–Trinajstić information content (AvgIpc) is 2.99. The Balaban J connectivity index is 1.60.